The largest absolute Gasteiger partial charge is 0.481 e. The molecule has 202 valence electrons. The van der Waals surface area contributed by atoms with Crippen molar-refractivity contribution < 1.29 is 49.4 Å². The third-order valence-electron chi connectivity index (χ3n) is 6.63. The highest BCUT2D eigenvalue weighted by Gasteiger charge is 2.46. The highest BCUT2D eigenvalue weighted by Crippen LogP contribution is 2.47. The molecule has 0 bridgehead atoms. The number of hydrogen-bond donors (Lipinski definition) is 1. The number of aliphatic carboxylic acids is 1. The van der Waals surface area contributed by atoms with E-state index in [1.807, 2.05) is 0 Å². The standard InChI is InChI=1S/C25H22F9NO2/c1-2-9-22(21(36)37)10-11-35(20(13-22)15-3-5-17(6-4-15)23(26,27)28)14-16-12-18(24(29,30)31)7-8-19(16)25(32,33)34/h2-8,12,20H,1,9-11,13-14H2,(H,36,37). The predicted molar refractivity (Wildman–Crippen MR) is 115 cm³/mol. The Morgan fingerprint density at radius 3 is 2.00 bits per heavy atom. The monoisotopic (exact) mass is 539 g/mol. The lowest BCUT2D eigenvalue weighted by atomic mass is 9.71. The molecule has 37 heavy (non-hydrogen) atoms. The molecule has 0 saturated carbocycles. The lowest BCUT2D eigenvalue weighted by Gasteiger charge is -2.45. The van der Waals surface area contributed by atoms with E-state index >= 15 is 0 Å². The van der Waals surface area contributed by atoms with E-state index < -0.39 is 64.8 Å². The minimum absolute atomic E-state index is 0.00926. The van der Waals surface area contributed by atoms with Gasteiger partial charge in [-0.05, 0) is 60.7 Å². The van der Waals surface area contributed by atoms with Crippen molar-refractivity contribution >= 4 is 5.97 Å². The predicted octanol–water partition coefficient (Wildman–Crippen LogP) is 7.73. The van der Waals surface area contributed by atoms with Gasteiger partial charge in [-0.2, -0.15) is 39.5 Å². The summed E-state index contributed by atoms with van der Waals surface area (Å²) in [6.45, 7) is 2.79. The summed E-state index contributed by atoms with van der Waals surface area (Å²) >= 11 is 0. The van der Waals surface area contributed by atoms with Crippen LogP contribution in [0.1, 0.15) is 53.1 Å². The average Bonchev–Trinajstić information content (AvgIpc) is 2.78. The number of likely N-dealkylation sites (tertiary alicyclic amines) is 1. The quantitative estimate of drug-likeness (QED) is 0.302. The van der Waals surface area contributed by atoms with E-state index in [1.54, 1.807) is 0 Å². The van der Waals surface area contributed by atoms with Crippen molar-refractivity contribution in [1.29, 1.82) is 0 Å². The number of halogens is 9. The summed E-state index contributed by atoms with van der Waals surface area (Å²) < 4.78 is 120. The van der Waals surface area contributed by atoms with E-state index in [4.69, 9.17) is 0 Å². The summed E-state index contributed by atoms with van der Waals surface area (Å²) in [5.41, 5.74) is -5.43. The first kappa shape index (κ1) is 28.5. The van der Waals surface area contributed by atoms with Gasteiger partial charge in [-0.3, -0.25) is 9.69 Å². The normalized spacial score (nSPS) is 21.6. The van der Waals surface area contributed by atoms with Crippen LogP contribution in [0.2, 0.25) is 0 Å². The Hall–Kier alpha value is -3.02. The minimum atomic E-state index is -4.97. The van der Waals surface area contributed by atoms with Crippen molar-refractivity contribution in [2.45, 2.75) is 50.4 Å². The molecule has 0 aromatic heterocycles. The number of benzene rings is 2. The second-order valence-corrected chi connectivity index (χ2v) is 9.01. The van der Waals surface area contributed by atoms with Crippen molar-refractivity contribution in [1.82, 2.24) is 4.90 Å². The van der Waals surface area contributed by atoms with Crippen LogP contribution in [0.5, 0.6) is 0 Å². The molecule has 1 N–H and O–H groups in total. The number of nitrogens with zero attached hydrogens (tertiary/aromatic N) is 1. The summed E-state index contributed by atoms with van der Waals surface area (Å²) in [6, 6.07) is 3.82. The van der Waals surface area contributed by atoms with Gasteiger partial charge in [-0.25, -0.2) is 0 Å². The highest BCUT2D eigenvalue weighted by molar-refractivity contribution is 5.75. The molecule has 1 fully saturated rings. The van der Waals surface area contributed by atoms with Gasteiger partial charge in [-0.15, -0.1) is 6.58 Å². The number of rotatable bonds is 6. The number of carboxylic acids is 1. The van der Waals surface area contributed by atoms with Crippen LogP contribution in [0.25, 0.3) is 0 Å². The van der Waals surface area contributed by atoms with Gasteiger partial charge < -0.3 is 5.11 Å². The number of carbonyl (C=O) groups is 1. The summed E-state index contributed by atoms with van der Waals surface area (Å²) in [4.78, 5) is 13.5. The number of piperidine rings is 1. The lowest BCUT2D eigenvalue weighted by Crippen LogP contribution is -2.45. The average molecular weight is 539 g/mol. The molecule has 1 aliphatic heterocycles. The molecule has 1 aliphatic rings. The maximum absolute atomic E-state index is 13.6. The van der Waals surface area contributed by atoms with Gasteiger partial charge in [0.2, 0.25) is 0 Å². The Bertz CT molecular complexity index is 1140. The molecule has 0 spiro atoms. The number of carboxylic acid groups (broad SMARTS) is 1. The third kappa shape index (κ3) is 6.28. The van der Waals surface area contributed by atoms with E-state index in [0.717, 1.165) is 24.3 Å². The molecule has 2 aromatic rings. The van der Waals surface area contributed by atoms with E-state index in [2.05, 4.69) is 6.58 Å². The Morgan fingerprint density at radius 2 is 1.51 bits per heavy atom. The molecule has 0 aliphatic carbocycles. The first-order chi connectivity index (χ1) is 17.0. The van der Waals surface area contributed by atoms with Gasteiger partial charge in [0, 0.05) is 19.1 Å². The second-order valence-electron chi connectivity index (χ2n) is 9.01. The van der Waals surface area contributed by atoms with E-state index in [0.29, 0.717) is 18.2 Å². The van der Waals surface area contributed by atoms with Gasteiger partial charge in [0.25, 0.3) is 0 Å². The maximum Gasteiger partial charge on any atom is 0.416 e. The molecule has 1 heterocycles. The molecule has 0 radical (unpaired) electrons. The Kier molecular flexibility index (Phi) is 7.74. The molecule has 0 amide bonds. The lowest BCUT2D eigenvalue weighted by molar-refractivity contribution is -0.153. The molecule has 12 heteroatoms. The fourth-order valence-electron chi connectivity index (χ4n) is 4.67. The Balaban J connectivity index is 2.08. The summed E-state index contributed by atoms with van der Waals surface area (Å²) in [7, 11) is 0. The van der Waals surface area contributed by atoms with Crippen molar-refractivity contribution in [2.24, 2.45) is 5.41 Å². The summed E-state index contributed by atoms with van der Waals surface area (Å²) in [5, 5.41) is 9.90. The van der Waals surface area contributed by atoms with Gasteiger partial charge in [0.1, 0.15) is 0 Å². The zero-order valence-corrected chi connectivity index (χ0v) is 19.1. The number of hydrogen-bond acceptors (Lipinski definition) is 2. The van der Waals surface area contributed by atoms with Gasteiger partial charge >= 0.3 is 24.5 Å². The van der Waals surface area contributed by atoms with Crippen LogP contribution in [-0.4, -0.2) is 22.5 Å². The fourth-order valence-corrected chi connectivity index (χ4v) is 4.67. The summed E-state index contributed by atoms with van der Waals surface area (Å²) in [5.74, 6) is -1.21. The zero-order chi connectivity index (χ0) is 27.8. The molecule has 3 nitrogen and oxygen atoms in total. The Labute approximate surface area is 206 Å². The topological polar surface area (TPSA) is 40.5 Å². The minimum Gasteiger partial charge on any atom is -0.481 e. The molecule has 1 saturated heterocycles. The SMILES string of the molecule is C=CCC1(C(=O)O)CCN(Cc2cc(C(F)(F)F)ccc2C(F)(F)F)C(c2ccc(C(F)(F)F)cc2)C1. The molecule has 2 aromatic carbocycles. The number of alkyl halides is 9. The molecule has 2 unspecified atom stereocenters. The highest BCUT2D eigenvalue weighted by atomic mass is 19.4. The third-order valence-corrected chi connectivity index (χ3v) is 6.63. The molecular weight excluding hydrogens is 517 g/mol. The van der Waals surface area contributed by atoms with Gasteiger partial charge in [-0.1, -0.05) is 18.2 Å². The van der Waals surface area contributed by atoms with Crippen molar-refractivity contribution in [3.8, 4) is 0 Å². The van der Waals surface area contributed by atoms with E-state index in [9.17, 15) is 49.4 Å². The van der Waals surface area contributed by atoms with E-state index in [1.165, 1.54) is 11.0 Å². The molecule has 3 rings (SSSR count). The zero-order valence-electron chi connectivity index (χ0n) is 19.1. The fraction of sp³-hybridized carbons (Fsp3) is 0.400. The van der Waals surface area contributed by atoms with Gasteiger partial charge in [0.15, 0.2) is 0 Å². The van der Waals surface area contributed by atoms with Crippen molar-refractivity contribution in [2.75, 3.05) is 6.54 Å². The van der Waals surface area contributed by atoms with Crippen LogP contribution in [0.15, 0.2) is 55.1 Å². The van der Waals surface area contributed by atoms with Crippen molar-refractivity contribution in [3.63, 3.8) is 0 Å². The first-order valence-corrected chi connectivity index (χ1v) is 11.0. The van der Waals surface area contributed by atoms with Crippen molar-refractivity contribution in [3.05, 3.63) is 82.9 Å². The molecule has 2 atom stereocenters. The first-order valence-electron chi connectivity index (χ1n) is 11.0. The van der Waals surface area contributed by atoms with Gasteiger partial charge in [0.05, 0.1) is 22.1 Å². The second kappa shape index (κ2) is 10.0. The van der Waals surface area contributed by atoms with E-state index in [-0.39, 0.29) is 31.4 Å². The van der Waals surface area contributed by atoms with Crippen LogP contribution in [0.3, 0.4) is 0 Å². The van der Waals surface area contributed by atoms with Crippen LogP contribution < -0.4 is 0 Å². The maximum atomic E-state index is 13.6. The smallest absolute Gasteiger partial charge is 0.416 e. The molecular formula is C25H22F9NO2. The van der Waals surface area contributed by atoms with Crippen LogP contribution in [0, 0.1) is 5.41 Å². The van der Waals surface area contributed by atoms with Crippen LogP contribution in [0.4, 0.5) is 39.5 Å². The Morgan fingerprint density at radius 1 is 0.946 bits per heavy atom. The number of allylic oxidation sites excluding steroid dienone is 1. The van der Waals surface area contributed by atoms with Crippen LogP contribution >= 0.6 is 0 Å². The summed E-state index contributed by atoms with van der Waals surface area (Å²) in [6.07, 6.45) is -13.4. The van der Waals surface area contributed by atoms with Crippen LogP contribution in [-0.2, 0) is 29.9 Å².